The smallest absolute Gasteiger partial charge is 0.355 e. The highest BCUT2D eigenvalue weighted by Crippen LogP contribution is 2.48. The van der Waals surface area contributed by atoms with E-state index in [1.165, 1.54) is 0 Å². The molecule has 2 aromatic rings. The molecule has 6 nitrogen and oxygen atoms in total. The zero-order valence-electron chi connectivity index (χ0n) is 19.3. The average Bonchev–Trinajstić information content (AvgIpc) is 3.23. The van der Waals surface area contributed by atoms with E-state index < -0.39 is 11.6 Å². The molecule has 0 radical (unpaired) electrons. The summed E-state index contributed by atoms with van der Waals surface area (Å²) in [5.41, 5.74) is 2.84. The molecule has 2 heterocycles. The van der Waals surface area contributed by atoms with Gasteiger partial charge in [0, 0.05) is 16.5 Å². The highest BCUT2D eigenvalue weighted by atomic mass is 16.6. The third-order valence-corrected chi connectivity index (χ3v) is 7.94. The Morgan fingerprint density at radius 3 is 2.76 bits per heavy atom. The predicted molar refractivity (Wildman–Crippen MR) is 126 cm³/mol. The zero-order chi connectivity index (χ0) is 23.4. The number of fused-ring (bicyclic) bond motifs is 4. The Morgan fingerprint density at radius 2 is 1.97 bits per heavy atom. The Morgan fingerprint density at radius 1 is 1.18 bits per heavy atom. The summed E-state index contributed by atoms with van der Waals surface area (Å²) >= 11 is 0. The molecule has 0 N–H and O–H groups in total. The second kappa shape index (κ2) is 7.90. The Bertz CT molecular complexity index is 1300. The monoisotopic (exact) mass is 457 g/mol. The fraction of sp³-hybridized carbons (Fsp3) is 0.429. The molecule has 2 atom stereocenters. The summed E-state index contributed by atoms with van der Waals surface area (Å²) in [6.45, 7) is 1.72. The van der Waals surface area contributed by atoms with Crippen molar-refractivity contribution in [3.8, 4) is 0 Å². The van der Waals surface area contributed by atoms with Crippen molar-refractivity contribution in [1.82, 2.24) is 4.98 Å². The van der Waals surface area contributed by atoms with Crippen molar-refractivity contribution in [2.75, 3.05) is 6.61 Å². The Hall–Kier alpha value is -3.28. The number of nitrogens with zero attached hydrogens (tertiary/aromatic N) is 1. The Labute approximate surface area is 198 Å². The van der Waals surface area contributed by atoms with Crippen LogP contribution in [-0.4, -0.2) is 34.9 Å². The molecule has 174 valence electrons. The number of pyridine rings is 1. The molecule has 1 fully saturated rings. The highest BCUT2D eigenvalue weighted by molar-refractivity contribution is 6.12. The number of hydrogen-bond donors (Lipinski definition) is 0. The molecular weight excluding hydrogens is 430 g/mol. The maximum atomic E-state index is 13.6. The number of benzene rings is 1. The molecule has 6 rings (SSSR count). The number of hydrogen-bond acceptors (Lipinski definition) is 6. The van der Waals surface area contributed by atoms with Gasteiger partial charge in [0.15, 0.2) is 5.78 Å². The lowest BCUT2D eigenvalue weighted by Gasteiger charge is -2.39. The van der Waals surface area contributed by atoms with Crippen LogP contribution >= 0.6 is 0 Å². The van der Waals surface area contributed by atoms with Crippen LogP contribution < -0.4 is 0 Å². The van der Waals surface area contributed by atoms with E-state index in [2.05, 4.69) is 6.07 Å². The number of ether oxygens (including phenoxy) is 2. The van der Waals surface area contributed by atoms with Crippen LogP contribution in [0, 0.1) is 11.8 Å². The van der Waals surface area contributed by atoms with Crippen LogP contribution in [0.25, 0.3) is 16.5 Å². The summed E-state index contributed by atoms with van der Waals surface area (Å²) in [6, 6.07) is 9.99. The number of ketones is 1. The van der Waals surface area contributed by atoms with Gasteiger partial charge in [-0.25, -0.2) is 9.78 Å². The SMILES string of the molecule is CC[C@@]1(OC(=O)C2CCCCC2)C(=O)OCC2=C1C=C1c3nc4ccccc4cc3CC1C2=O. The van der Waals surface area contributed by atoms with Crippen LogP contribution in [-0.2, 0) is 30.3 Å². The van der Waals surface area contributed by atoms with Crippen molar-refractivity contribution in [2.45, 2.75) is 57.5 Å². The van der Waals surface area contributed by atoms with E-state index >= 15 is 0 Å². The summed E-state index contributed by atoms with van der Waals surface area (Å²) in [5, 5.41) is 1.04. The van der Waals surface area contributed by atoms with Crippen LogP contribution in [0.4, 0.5) is 0 Å². The number of aromatic nitrogens is 1. The van der Waals surface area contributed by atoms with Gasteiger partial charge in [-0.15, -0.1) is 0 Å². The number of carbonyl (C=O) groups is 3. The summed E-state index contributed by atoms with van der Waals surface area (Å²) < 4.78 is 11.5. The number of Topliss-reactive ketones (excluding diaryl/α,β-unsaturated/α-hetero) is 1. The molecule has 1 aromatic heterocycles. The largest absolute Gasteiger partial charge is 0.457 e. The first-order chi connectivity index (χ1) is 16.5. The predicted octanol–water partition coefficient (Wildman–Crippen LogP) is 4.50. The van der Waals surface area contributed by atoms with Gasteiger partial charge in [0.05, 0.1) is 23.0 Å². The third kappa shape index (κ3) is 3.07. The van der Waals surface area contributed by atoms with Crippen LogP contribution in [0.2, 0.25) is 0 Å². The minimum Gasteiger partial charge on any atom is -0.457 e. The van der Waals surface area contributed by atoms with Crippen molar-refractivity contribution < 1.29 is 23.9 Å². The fourth-order valence-corrected chi connectivity index (χ4v) is 6.02. The minimum absolute atomic E-state index is 0.0615. The molecule has 1 aromatic carbocycles. The maximum absolute atomic E-state index is 13.6. The lowest BCUT2D eigenvalue weighted by atomic mass is 9.75. The molecule has 0 amide bonds. The molecule has 6 heteroatoms. The topological polar surface area (TPSA) is 82.6 Å². The van der Waals surface area contributed by atoms with Gasteiger partial charge in [0.2, 0.25) is 5.60 Å². The van der Waals surface area contributed by atoms with Gasteiger partial charge < -0.3 is 9.47 Å². The highest BCUT2D eigenvalue weighted by Gasteiger charge is 2.54. The third-order valence-electron chi connectivity index (χ3n) is 7.94. The molecule has 1 aliphatic heterocycles. The van der Waals surface area contributed by atoms with E-state index in [1.807, 2.05) is 30.3 Å². The van der Waals surface area contributed by atoms with Crippen LogP contribution in [0.15, 0.2) is 47.6 Å². The number of esters is 2. The van der Waals surface area contributed by atoms with E-state index in [0.29, 0.717) is 17.6 Å². The van der Waals surface area contributed by atoms with E-state index in [0.717, 1.165) is 59.8 Å². The number of carbonyl (C=O) groups excluding carboxylic acids is 3. The van der Waals surface area contributed by atoms with Gasteiger partial charge in [-0.2, -0.15) is 0 Å². The van der Waals surface area contributed by atoms with E-state index in [4.69, 9.17) is 14.5 Å². The van der Waals surface area contributed by atoms with E-state index in [1.54, 1.807) is 6.92 Å². The summed E-state index contributed by atoms with van der Waals surface area (Å²) in [4.78, 5) is 44.8. The minimum atomic E-state index is -1.59. The molecule has 3 aliphatic carbocycles. The van der Waals surface area contributed by atoms with Gasteiger partial charge in [-0.05, 0) is 55.0 Å². The van der Waals surface area contributed by atoms with Crippen LogP contribution in [0.5, 0.6) is 0 Å². The van der Waals surface area contributed by atoms with E-state index in [9.17, 15) is 14.4 Å². The molecule has 0 bridgehead atoms. The lowest BCUT2D eigenvalue weighted by Crippen LogP contribution is -2.51. The van der Waals surface area contributed by atoms with Crippen molar-refractivity contribution in [2.24, 2.45) is 11.8 Å². The zero-order valence-corrected chi connectivity index (χ0v) is 19.3. The lowest BCUT2D eigenvalue weighted by molar-refractivity contribution is -0.183. The average molecular weight is 458 g/mol. The van der Waals surface area contributed by atoms with Gasteiger partial charge >= 0.3 is 11.9 Å². The van der Waals surface area contributed by atoms with Crippen LogP contribution in [0.3, 0.4) is 0 Å². The fourth-order valence-electron chi connectivity index (χ4n) is 6.02. The standard InChI is InChI=1S/C28H27NO5/c1-2-28(34-26(31)16-8-4-3-5-9-16)22-14-19-20(25(30)21(22)15-33-27(28)32)13-18-12-17-10-6-7-11-23(17)29-24(18)19/h6-7,10-12,14,16,20H,2-5,8-9,13,15H2,1H3/t20?,28-/m0/s1. The molecule has 34 heavy (non-hydrogen) atoms. The number of cyclic esters (lactones) is 1. The first-order valence-corrected chi connectivity index (χ1v) is 12.3. The molecule has 4 aliphatic rings. The number of rotatable bonds is 3. The Balaban J connectivity index is 1.45. The van der Waals surface area contributed by atoms with Gasteiger partial charge in [0.1, 0.15) is 6.61 Å². The quantitative estimate of drug-likeness (QED) is 0.631. The number of allylic oxidation sites excluding steroid dienone is 1. The first kappa shape index (κ1) is 21.3. The maximum Gasteiger partial charge on any atom is 0.355 e. The molecular formula is C28H27NO5. The Kier molecular flexibility index (Phi) is 4.94. The molecule has 1 saturated carbocycles. The summed E-state index contributed by atoms with van der Waals surface area (Å²) in [7, 11) is 0. The van der Waals surface area contributed by atoms with Crippen LogP contribution in [0.1, 0.15) is 56.7 Å². The van der Waals surface area contributed by atoms with Gasteiger partial charge in [0.25, 0.3) is 0 Å². The van der Waals surface area contributed by atoms with Crippen molar-refractivity contribution in [1.29, 1.82) is 0 Å². The molecule has 0 spiro atoms. The summed E-state index contributed by atoms with van der Waals surface area (Å²) in [5.74, 6) is -1.58. The van der Waals surface area contributed by atoms with Gasteiger partial charge in [-0.3, -0.25) is 9.59 Å². The molecule has 1 unspecified atom stereocenters. The molecule has 0 saturated heterocycles. The first-order valence-electron chi connectivity index (χ1n) is 12.3. The van der Waals surface area contributed by atoms with Gasteiger partial charge in [-0.1, -0.05) is 44.4 Å². The second-order valence-electron chi connectivity index (χ2n) is 9.81. The second-order valence-corrected chi connectivity index (χ2v) is 9.81. The van der Waals surface area contributed by atoms with Crippen molar-refractivity contribution in [3.05, 3.63) is 58.8 Å². The van der Waals surface area contributed by atoms with Crippen molar-refractivity contribution in [3.63, 3.8) is 0 Å². The van der Waals surface area contributed by atoms with Crippen molar-refractivity contribution >= 4 is 34.2 Å². The summed E-state index contributed by atoms with van der Waals surface area (Å²) in [6.07, 6.45) is 7.30. The van der Waals surface area contributed by atoms with E-state index in [-0.39, 0.29) is 36.6 Å². The normalized spacial score (nSPS) is 26.5. The number of para-hydroxylation sites is 1.